The molecule has 0 saturated heterocycles. The molecule has 0 radical (unpaired) electrons. The predicted octanol–water partition coefficient (Wildman–Crippen LogP) is 7.20. The van der Waals surface area contributed by atoms with Crippen LogP contribution in [0.5, 0.6) is 5.75 Å². The summed E-state index contributed by atoms with van der Waals surface area (Å²) in [7, 11) is 0. The number of hydrogen-bond acceptors (Lipinski definition) is 5. The molecule has 1 aromatic heterocycles. The van der Waals surface area contributed by atoms with E-state index in [1.807, 2.05) is 36.4 Å². The number of halogens is 1. The summed E-state index contributed by atoms with van der Waals surface area (Å²) in [6, 6.07) is 19.4. The van der Waals surface area contributed by atoms with Crippen LogP contribution in [-0.4, -0.2) is 22.6 Å². The highest BCUT2D eigenvalue weighted by atomic mass is 79.9. The number of amides is 1. The molecule has 0 aliphatic rings. The molecule has 1 amide bonds. The Morgan fingerprint density at radius 2 is 1.88 bits per heavy atom. The first-order valence-electron chi connectivity index (χ1n) is 10.8. The molecule has 4 rings (SSSR count). The van der Waals surface area contributed by atoms with Crippen molar-refractivity contribution < 1.29 is 9.53 Å². The van der Waals surface area contributed by atoms with E-state index in [2.05, 4.69) is 59.5 Å². The number of aryl methyl sites for hydroxylation is 1. The quantitative estimate of drug-likeness (QED) is 0.247. The second kappa shape index (κ2) is 10.6. The lowest BCUT2D eigenvalue weighted by Crippen LogP contribution is -2.34. The molecule has 5 nitrogen and oxygen atoms in total. The van der Waals surface area contributed by atoms with Crippen molar-refractivity contribution in [1.29, 1.82) is 0 Å². The Morgan fingerprint density at radius 3 is 2.62 bits per heavy atom. The second-order valence-corrected chi connectivity index (χ2v) is 10.7. The van der Waals surface area contributed by atoms with Gasteiger partial charge in [-0.3, -0.25) is 10.1 Å². The standard InChI is InChI=1S/C26H24BrN3O2S2/c1-15(2)14-32-22-11-7-18(27)13-20(22)24(31)30-26(33)28-19-8-5-17(6-9-19)25-29-21-10-4-16(3)12-23(21)34-25/h4-13,15H,14H2,1-3H3,(H2,28,30,31,33). The van der Waals surface area contributed by atoms with E-state index in [1.165, 1.54) is 10.3 Å². The van der Waals surface area contributed by atoms with Crippen molar-refractivity contribution in [3.05, 3.63) is 76.3 Å². The molecule has 4 aromatic rings. The molecule has 0 aliphatic heterocycles. The van der Waals surface area contributed by atoms with Crippen LogP contribution in [0.2, 0.25) is 0 Å². The van der Waals surface area contributed by atoms with Crippen molar-refractivity contribution in [2.75, 3.05) is 11.9 Å². The van der Waals surface area contributed by atoms with Crippen molar-refractivity contribution in [2.45, 2.75) is 20.8 Å². The van der Waals surface area contributed by atoms with Crippen LogP contribution >= 0.6 is 39.5 Å². The first-order chi connectivity index (χ1) is 16.3. The number of anilines is 1. The van der Waals surface area contributed by atoms with Gasteiger partial charge in [-0.25, -0.2) is 4.98 Å². The number of rotatable bonds is 6. The van der Waals surface area contributed by atoms with Gasteiger partial charge in [0.05, 0.1) is 22.4 Å². The van der Waals surface area contributed by atoms with E-state index < -0.39 is 0 Å². The molecule has 0 bridgehead atoms. The average Bonchev–Trinajstić information content (AvgIpc) is 3.21. The third kappa shape index (κ3) is 6.00. The lowest BCUT2D eigenvalue weighted by Gasteiger charge is -2.14. The third-order valence-corrected chi connectivity index (χ3v) is 6.68. The Balaban J connectivity index is 1.42. The van der Waals surface area contributed by atoms with Gasteiger partial charge in [0, 0.05) is 15.7 Å². The molecular formula is C26H24BrN3O2S2. The van der Waals surface area contributed by atoms with Crippen molar-refractivity contribution in [2.24, 2.45) is 5.92 Å². The average molecular weight is 555 g/mol. The Hall–Kier alpha value is -2.81. The van der Waals surface area contributed by atoms with Crippen molar-refractivity contribution in [3.8, 4) is 16.3 Å². The molecule has 174 valence electrons. The molecule has 34 heavy (non-hydrogen) atoms. The highest BCUT2D eigenvalue weighted by Gasteiger charge is 2.15. The van der Waals surface area contributed by atoms with Gasteiger partial charge in [-0.15, -0.1) is 11.3 Å². The highest BCUT2D eigenvalue weighted by molar-refractivity contribution is 9.10. The summed E-state index contributed by atoms with van der Waals surface area (Å²) < 4.78 is 7.77. The molecule has 3 aromatic carbocycles. The second-order valence-electron chi connectivity index (χ2n) is 8.32. The first kappa shape index (κ1) is 24.3. The molecule has 0 aliphatic carbocycles. The minimum absolute atomic E-state index is 0.211. The van der Waals surface area contributed by atoms with E-state index in [1.54, 1.807) is 23.5 Å². The van der Waals surface area contributed by atoms with Crippen LogP contribution in [0.4, 0.5) is 5.69 Å². The fraction of sp³-hybridized carbons (Fsp3) is 0.192. The number of thiocarbonyl (C=S) groups is 1. The van der Waals surface area contributed by atoms with Gasteiger partial charge in [-0.2, -0.15) is 0 Å². The summed E-state index contributed by atoms with van der Waals surface area (Å²) in [4.78, 5) is 17.6. The van der Waals surface area contributed by atoms with E-state index >= 15 is 0 Å². The number of nitrogens with zero attached hydrogens (tertiary/aromatic N) is 1. The van der Waals surface area contributed by atoms with Crippen LogP contribution in [-0.2, 0) is 0 Å². The lowest BCUT2D eigenvalue weighted by atomic mass is 10.2. The van der Waals surface area contributed by atoms with Gasteiger partial charge in [-0.1, -0.05) is 35.8 Å². The molecule has 0 atom stereocenters. The molecule has 8 heteroatoms. The number of thiazole rings is 1. The fourth-order valence-electron chi connectivity index (χ4n) is 3.25. The number of nitrogens with one attached hydrogen (secondary N) is 2. The maximum absolute atomic E-state index is 12.9. The zero-order chi connectivity index (χ0) is 24.2. The molecule has 0 unspecified atom stereocenters. The Labute approximate surface area is 216 Å². The van der Waals surface area contributed by atoms with Gasteiger partial charge in [-0.05, 0) is 85.2 Å². The number of ether oxygens (including phenoxy) is 1. The minimum Gasteiger partial charge on any atom is -0.492 e. The van der Waals surface area contributed by atoms with Gasteiger partial charge >= 0.3 is 0 Å². The lowest BCUT2D eigenvalue weighted by molar-refractivity contribution is 0.0973. The highest BCUT2D eigenvalue weighted by Crippen LogP contribution is 2.31. The zero-order valence-electron chi connectivity index (χ0n) is 19.0. The van der Waals surface area contributed by atoms with E-state index in [0.29, 0.717) is 23.8 Å². The van der Waals surface area contributed by atoms with Crippen LogP contribution in [0.1, 0.15) is 29.8 Å². The van der Waals surface area contributed by atoms with Crippen LogP contribution in [0, 0.1) is 12.8 Å². The summed E-state index contributed by atoms with van der Waals surface area (Å²) in [6.07, 6.45) is 0. The molecule has 1 heterocycles. The van der Waals surface area contributed by atoms with Crippen LogP contribution in [0.3, 0.4) is 0 Å². The normalized spacial score (nSPS) is 11.0. The largest absolute Gasteiger partial charge is 0.492 e. The number of hydrogen-bond donors (Lipinski definition) is 2. The Bertz CT molecular complexity index is 1350. The van der Waals surface area contributed by atoms with Crippen LogP contribution in [0.25, 0.3) is 20.8 Å². The SMILES string of the molecule is Cc1ccc2nc(-c3ccc(NC(=S)NC(=O)c4cc(Br)ccc4OCC(C)C)cc3)sc2c1. The van der Waals surface area contributed by atoms with Gasteiger partial charge < -0.3 is 10.1 Å². The van der Waals surface area contributed by atoms with E-state index in [4.69, 9.17) is 21.9 Å². The molecular weight excluding hydrogens is 530 g/mol. The number of carbonyl (C=O) groups excluding carboxylic acids is 1. The molecule has 0 spiro atoms. The number of benzene rings is 3. The number of carbonyl (C=O) groups is 1. The van der Waals surface area contributed by atoms with Crippen molar-refractivity contribution in [3.63, 3.8) is 0 Å². The predicted molar refractivity (Wildman–Crippen MR) is 148 cm³/mol. The summed E-state index contributed by atoms with van der Waals surface area (Å²) in [6.45, 7) is 6.71. The molecule has 2 N–H and O–H groups in total. The summed E-state index contributed by atoms with van der Waals surface area (Å²) in [5.74, 6) is 0.531. The van der Waals surface area contributed by atoms with Crippen molar-refractivity contribution in [1.82, 2.24) is 10.3 Å². The Morgan fingerprint density at radius 1 is 1.12 bits per heavy atom. The van der Waals surface area contributed by atoms with Gasteiger partial charge in [0.2, 0.25) is 0 Å². The Kier molecular flexibility index (Phi) is 7.60. The van der Waals surface area contributed by atoms with Gasteiger partial charge in [0.25, 0.3) is 5.91 Å². The molecule has 0 fully saturated rings. The van der Waals surface area contributed by atoms with Crippen LogP contribution < -0.4 is 15.4 Å². The topological polar surface area (TPSA) is 63.2 Å². The first-order valence-corrected chi connectivity index (χ1v) is 12.8. The van der Waals surface area contributed by atoms with Crippen LogP contribution in [0.15, 0.2) is 65.1 Å². The molecule has 0 saturated carbocycles. The zero-order valence-corrected chi connectivity index (χ0v) is 22.2. The van der Waals surface area contributed by atoms with E-state index in [-0.39, 0.29) is 11.0 Å². The maximum atomic E-state index is 12.9. The van der Waals surface area contributed by atoms with Gasteiger partial charge in [0.1, 0.15) is 10.8 Å². The number of fused-ring (bicyclic) bond motifs is 1. The summed E-state index contributed by atoms with van der Waals surface area (Å²) in [5, 5.41) is 6.98. The maximum Gasteiger partial charge on any atom is 0.261 e. The smallest absolute Gasteiger partial charge is 0.261 e. The monoisotopic (exact) mass is 553 g/mol. The van der Waals surface area contributed by atoms with E-state index in [9.17, 15) is 4.79 Å². The van der Waals surface area contributed by atoms with E-state index in [0.717, 1.165) is 26.2 Å². The van der Waals surface area contributed by atoms with Crippen molar-refractivity contribution >= 4 is 66.4 Å². The minimum atomic E-state index is -0.334. The third-order valence-electron chi connectivity index (χ3n) is 4.92. The number of aromatic nitrogens is 1. The summed E-state index contributed by atoms with van der Waals surface area (Å²) >= 11 is 10.5. The fourth-order valence-corrected chi connectivity index (χ4v) is 4.89. The van der Waals surface area contributed by atoms with Gasteiger partial charge in [0.15, 0.2) is 5.11 Å². The summed E-state index contributed by atoms with van der Waals surface area (Å²) in [5.41, 5.74) is 4.44.